The molecule has 3 heterocycles. The molecule has 1 amide bonds. The first-order valence-electron chi connectivity index (χ1n) is 15.8. The summed E-state index contributed by atoms with van der Waals surface area (Å²) in [6, 6.07) is 28.4. The molecule has 0 bridgehead atoms. The molecule has 0 aliphatic carbocycles. The number of hydrogen-bond acceptors (Lipinski definition) is 9. The maximum atomic E-state index is 13.2. The van der Waals surface area contributed by atoms with Crippen molar-refractivity contribution in [2.45, 2.75) is 19.5 Å². The van der Waals surface area contributed by atoms with Gasteiger partial charge in [0.15, 0.2) is 11.5 Å². The first-order chi connectivity index (χ1) is 23.9. The van der Waals surface area contributed by atoms with E-state index in [9.17, 15) is 9.59 Å². The second-order valence-electron chi connectivity index (χ2n) is 11.7. The van der Waals surface area contributed by atoms with E-state index < -0.39 is 11.9 Å². The molecule has 0 atom stereocenters. The smallest absolute Gasteiger partial charge is 0.339 e. The lowest BCUT2D eigenvalue weighted by atomic mass is 9.98. The van der Waals surface area contributed by atoms with Crippen molar-refractivity contribution in [2.24, 2.45) is 0 Å². The molecule has 1 N–H and O–H groups in total. The normalized spacial score (nSPS) is 12.7. The molecular formula is C38H34N6O5. The van der Waals surface area contributed by atoms with E-state index in [2.05, 4.69) is 49.8 Å². The van der Waals surface area contributed by atoms with Crippen molar-refractivity contribution in [3.05, 3.63) is 125 Å². The van der Waals surface area contributed by atoms with Gasteiger partial charge < -0.3 is 19.5 Å². The molecule has 0 unspecified atom stereocenters. The zero-order valence-electron chi connectivity index (χ0n) is 27.3. The Bertz CT molecular complexity index is 2180. The van der Waals surface area contributed by atoms with Gasteiger partial charge in [0.05, 0.1) is 50.0 Å². The van der Waals surface area contributed by atoms with Crippen LogP contribution >= 0.6 is 0 Å². The summed E-state index contributed by atoms with van der Waals surface area (Å²) in [6.45, 7) is 2.60. The second-order valence-corrected chi connectivity index (χ2v) is 11.7. The highest BCUT2D eigenvalue weighted by Gasteiger charge is 2.21. The van der Waals surface area contributed by atoms with E-state index >= 15 is 0 Å². The molecule has 11 nitrogen and oxygen atoms in total. The van der Waals surface area contributed by atoms with Gasteiger partial charge in [0.2, 0.25) is 0 Å². The van der Waals surface area contributed by atoms with Crippen LogP contribution in [-0.4, -0.2) is 64.6 Å². The van der Waals surface area contributed by atoms with Gasteiger partial charge in [-0.15, -0.1) is 5.10 Å². The van der Waals surface area contributed by atoms with Crippen LogP contribution in [0.15, 0.2) is 97.2 Å². The Morgan fingerprint density at radius 2 is 1.63 bits per heavy atom. The highest BCUT2D eigenvalue weighted by Crippen LogP contribution is 2.34. The maximum absolute atomic E-state index is 13.2. The SMILES string of the molecule is COC(=O)c1ccc(-c2cn(-c3ccc(CN4CCc5cc(OC)c(OC)cc5C4)cc3)nn2)cc1NC(=O)c1ccc2ccccc2n1. The van der Waals surface area contributed by atoms with E-state index in [-0.39, 0.29) is 16.9 Å². The molecule has 0 radical (unpaired) electrons. The van der Waals surface area contributed by atoms with Gasteiger partial charge in [-0.1, -0.05) is 47.7 Å². The van der Waals surface area contributed by atoms with Gasteiger partial charge in [-0.25, -0.2) is 14.5 Å². The molecule has 0 saturated carbocycles. The van der Waals surface area contributed by atoms with Gasteiger partial charge in [0, 0.05) is 30.6 Å². The van der Waals surface area contributed by atoms with Gasteiger partial charge in [-0.2, -0.15) is 0 Å². The summed E-state index contributed by atoms with van der Waals surface area (Å²) < 4.78 is 17.7. The second kappa shape index (κ2) is 13.6. The van der Waals surface area contributed by atoms with Crippen LogP contribution < -0.4 is 14.8 Å². The monoisotopic (exact) mass is 654 g/mol. The number of nitrogens with one attached hydrogen (secondary N) is 1. The molecule has 0 spiro atoms. The van der Waals surface area contributed by atoms with Crippen molar-refractivity contribution >= 4 is 28.5 Å². The van der Waals surface area contributed by atoms with Crippen LogP contribution in [0.2, 0.25) is 0 Å². The highest BCUT2D eigenvalue weighted by molar-refractivity contribution is 6.08. The minimum absolute atomic E-state index is 0.208. The lowest BCUT2D eigenvalue weighted by Gasteiger charge is -2.29. The fraction of sp³-hybridized carbons (Fsp3) is 0.184. The lowest BCUT2D eigenvalue weighted by Crippen LogP contribution is -2.30. The van der Waals surface area contributed by atoms with Crippen molar-refractivity contribution in [1.29, 1.82) is 0 Å². The minimum Gasteiger partial charge on any atom is -0.493 e. The molecule has 1 aliphatic rings. The number of rotatable bonds is 9. The summed E-state index contributed by atoms with van der Waals surface area (Å²) in [5.74, 6) is 0.483. The van der Waals surface area contributed by atoms with E-state index in [1.165, 1.54) is 23.8 Å². The summed E-state index contributed by atoms with van der Waals surface area (Å²) in [6.07, 6.45) is 2.75. The van der Waals surface area contributed by atoms with Gasteiger partial charge in [0.25, 0.3) is 5.91 Å². The Morgan fingerprint density at radius 3 is 2.41 bits per heavy atom. The third-order valence-electron chi connectivity index (χ3n) is 8.70. The Balaban J connectivity index is 1.06. The van der Waals surface area contributed by atoms with Crippen molar-refractivity contribution in [1.82, 2.24) is 24.9 Å². The first kappa shape index (κ1) is 31.5. The summed E-state index contributed by atoms with van der Waals surface area (Å²) in [7, 11) is 4.62. The van der Waals surface area contributed by atoms with E-state index in [4.69, 9.17) is 14.2 Å². The Labute approximate surface area is 283 Å². The molecule has 2 aromatic heterocycles. The number of para-hydroxylation sites is 1. The van der Waals surface area contributed by atoms with Crippen molar-refractivity contribution in [2.75, 3.05) is 33.2 Å². The van der Waals surface area contributed by atoms with Gasteiger partial charge in [-0.05, 0) is 71.6 Å². The number of nitrogens with zero attached hydrogens (tertiary/aromatic N) is 5. The number of hydrogen-bond donors (Lipinski definition) is 1. The third kappa shape index (κ3) is 6.56. The predicted molar refractivity (Wildman–Crippen MR) is 185 cm³/mol. The van der Waals surface area contributed by atoms with Gasteiger partial charge >= 0.3 is 5.97 Å². The standard InChI is InChI=1S/C38H34N6O5/c1-47-35-19-26-16-17-43(22-28(26)20-36(35)48-2)21-24-8-12-29(13-9-24)44-23-34(41-42-44)27-10-14-30(38(46)49-3)33(18-27)40-37(45)32-15-11-25-6-4-5-7-31(25)39-32/h4-15,18-20,23H,16-17,21-22H2,1-3H3,(H,40,45). The lowest BCUT2D eigenvalue weighted by molar-refractivity contribution is 0.0602. The van der Waals surface area contributed by atoms with Crippen LogP contribution in [0.25, 0.3) is 27.8 Å². The van der Waals surface area contributed by atoms with Crippen LogP contribution in [0, 0.1) is 0 Å². The number of carbonyl (C=O) groups excluding carboxylic acids is 2. The maximum Gasteiger partial charge on any atom is 0.339 e. The summed E-state index contributed by atoms with van der Waals surface area (Å²) in [4.78, 5) is 32.7. The van der Waals surface area contributed by atoms with Crippen LogP contribution in [0.3, 0.4) is 0 Å². The molecule has 49 heavy (non-hydrogen) atoms. The number of amides is 1. The zero-order valence-corrected chi connectivity index (χ0v) is 27.3. The topological polar surface area (TPSA) is 121 Å². The number of aromatic nitrogens is 4. The molecule has 0 fully saturated rings. The zero-order chi connectivity index (χ0) is 33.9. The molecular weight excluding hydrogens is 620 g/mol. The predicted octanol–water partition coefficient (Wildman–Crippen LogP) is 6.10. The number of fused-ring (bicyclic) bond motifs is 2. The molecule has 11 heteroatoms. The van der Waals surface area contributed by atoms with Crippen molar-refractivity contribution < 1.29 is 23.8 Å². The number of pyridine rings is 1. The minimum atomic E-state index is -0.578. The van der Waals surface area contributed by atoms with Gasteiger partial charge in [-0.3, -0.25) is 9.69 Å². The largest absolute Gasteiger partial charge is 0.493 e. The van der Waals surface area contributed by atoms with E-state index in [0.29, 0.717) is 16.8 Å². The fourth-order valence-electron chi connectivity index (χ4n) is 6.08. The van der Waals surface area contributed by atoms with E-state index in [1.54, 1.807) is 43.2 Å². The van der Waals surface area contributed by atoms with E-state index in [1.807, 2.05) is 48.7 Å². The van der Waals surface area contributed by atoms with E-state index in [0.717, 1.165) is 48.6 Å². The van der Waals surface area contributed by atoms with Crippen LogP contribution in [0.5, 0.6) is 11.5 Å². The molecule has 1 aliphatic heterocycles. The Hall–Kier alpha value is -6.07. The molecule has 7 rings (SSSR count). The number of benzene rings is 4. The number of anilines is 1. The van der Waals surface area contributed by atoms with Crippen LogP contribution in [0.4, 0.5) is 5.69 Å². The molecule has 4 aromatic carbocycles. The molecule has 246 valence electrons. The third-order valence-corrected chi connectivity index (χ3v) is 8.70. The highest BCUT2D eigenvalue weighted by atomic mass is 16.5. The summed E-state index contributed by atoms with van der Waals surface area (Å²) in [5.41, 5.74) is 7.22. The number of esters is 1. The number of ether oxygens (including phenoxy) is 3. The Kier molecular flexibility index (Phi) is 8.73. The summed E-state index contributed by atoms with van der Waals surface area (Å²) in [5, 5.41) is 12.5. The average molecular weight is 655 g/mol. The Morgan fingerprint density at radius 1 is 0.857 bits per heavy atom. The molecule has 0 saturated heterocycles. The number of carbonyl (C=O) groups is 2. The van der Waals surface area contributed by atoms with Crippen molar-refractivity contribution in [3.8, 4) is 28.4 Å². The molecule has 6 aromatic rings. The van der Waals surface area contributed by atoms with Gasteiger partial charge in [0.1, 0.15) is 11.4 Å². The van der Waals surface area contributed by atoms with Crippen LogP contribution in [-0.2, 0) is 24.2 Å². The number of methoxy groups -OCH3 is 3. The summed E-state index contributed by atoms with van der Waals surface area (Å²) >= 11 is 0. The average Bonchev–Trinajstić information content (AvgIpc) is 3.64. The van der Waals surface area contributed by atoms with Crippen LogP contribution in [0.1, 0.15) is 37.5 Å². The fourth-order valence-corrected chi connectivity index (χ4v) is 6.08. The van der Waals surface area contributed by atoms with Crippen molar-refractivity contribution in [3.63, 3.8) is 0 Å². The first-order valence-corrected chi connectivity index (χ1v) is 15.8. The quantitative estimate of drug-likeness (QED) is 0.185.